The fourth-order valence-electron chi connectivity index (χ4n) is 3.46. The fourth-order valence-corrected chi connectivity index (χ4v) is 3.46. The molecule has 0 spiro atoms. The standard InChI is InChI=1S/C21H18FN5O/c1-13(2)12-27-18-11-15(5-8-17(18)24-25-27)20-19(14-3-6-16(22)7-4-14)23-21-26(20)9-10-28-21/h3-11,13H,12H2,1-2H3. The molecular formula is C21H18FN5O. The van der Waals surface area contributed by atoms with Crippen molar-refractivity contribution in [1.29, 1.82) is 0 Å². The van der Waals surface area contributed by atoms with Crippen LogP contribution in [-0.2, 0) is 6.54 Å². The molecule has 5 aromatic rings. The molecule has 0 fully saturated rings. The predicted molar refractivity (Wildman–Crippen MR) is 104 cm³/mol. The van der Waals surface area contributed by atoms with Crippen molar-refractivity contribution in [2.75, 3.05) is 0 Å². The summed E-state index contributed by atoms with van der Waals surface area (Å²) in [6, 6.07) is 12.4. The Morgan fingerprint density at radius 1 is 1.07 bits per heavy atom. The van der Waals surface area contributed by atoms with E-state index >= 15 is 0 Å². The lowest BCUT2D eigenvalue weighted by Gasteiger charge is -2.08. The molecule has 0 aliphatic rings. The maximum atomic E-state index is 13.4. The molecule has 0 saturated heterocycles. The SMILES string of the molecule is CC(C)Cn1nnc2ccc(-c3c(-c4ccc(F)cc4)nc4occn34)cc21. The molecule has 0 aliphatic heterocycles. The summed E-state index contributed by atoms with van der Waals surface area (Å²) in [4.78, 5) is 4.62. The third kappa shape index (κ3) is 2.67. The second-order valence-corrected chi connectivity index (χ2v) is 7.24. The molecule has 3 aromatic heterocycles. The largest absolute Gasteiger partial charge is 0.432 e. The highest BCUT2D eigenvalue weighted by atomic mass is 19.1. The minimum atomic E-state index is -0.279. The third-order valence-corrected chi connectivity index (χ3v) is 4.71. The van der Waals surface area contributed by atoms with Crippen molar-refractivity contribution in [3.8, 4) is 22.5 Å². The highest BCUT2D eigenvalue weighted by Crippen LogP contribution is 2.34. The summed E-state index contributed by atoms with van der Waals surface area (Å²) < 4.78 is 22.7. The van der Waals surface area contributed by atoms with Crippen LogP contribution in [0.15, 0.2) is 59.3 Å². The third-order valence-electron chi connectivity index (χ3n) is 4.71. The Hall–Kier alpha value is -3.48. The van der Waals surface area contributed by atoms with Gasteiger partial charge in [-0.1, -0.05) is 25.1 Å². The predicted octanol–water partition coefficient (Wildman–Crippen LogP) is 4.80. The molecule has 6 nitrogen and oxygen atoms in total. The van der Waals surface area contributed by atoms with Crippen LogP contribution in [0.3, 0.4) is 0 Å². The molecule has 0 amide bonds. The maximum absolute atomic E-state index is 13.4. The molecule has 0 bridgehead atoms. The van der Waals surface area contributed by atoms with Gasteiger partial charge >= 0.3 is 5.84 Å². The van der Waals surface area contributed by atoms with E-state index in [2.05, 4.69) is 35.2 Å². The average Bonchev–Trinajstić information content (AvgIpc) is 3.36. The molecule has 7 heteroatoms. The van der Waals surface area contributed by atoms with E-state index in [0.717, 1.165) is 40.1 Å². The van der Waals surface area contributed by atoms with E-state index < -0.39 is 0 Å². The second kappa shape index (κ2) is 6.30. The monoisotopic (exact) mass is 375 g/mol. The van der Waals surface area contributed by atoms with Gasteiger partial charge in [0.25, 0.3) is 0 Å². The van der Waals surface area contributed by atoms with E-state index in [1.165, 1.54) is 12.1 Å². The highest BCUT2D eigenvalue weighted by Gasteiger charge is 2.19. The van der Waals surface area contributed by atoms with Gasteiger partial charge in [-0.3, -0.25) is 4.40 Å². The molecule has 0 saturated carbocycles. The minimum Gasteiger partial charge on any atom is -0.432 e. The van der Waals surface area contributed by atoms with Gasteiger partial charge in [-0.05, 0) is 42.3 Å². The molecule has 0 atom stereocenters. The van der Waals surface area contributed by atoms with Gasteiger partial charge in [0.1, 0.15) is 23.3 Å². The van der Waals surface area contributed by atoms with Gasteiger partial charge in [-0.25, -0.2) is 9.07 Å². The summed E-state index contributed by atoms with van der Waals surface area (Å²) in [5.41, 5.74) is 5.23. The lowest BCUT2D eigenvalue weighted by Crippen LogP contribution is -2.06. The van der Waals surface area contributed by atoms with Crippen LogP contribution in [0.1, 0.15) is 13.8 Å². The highest BCUT2D eigenvalue weighted by molar-refractivity contribution is 5.86. The zero-order valence-corrected chi connectivity index (χ0v) is 15.5. The van der Waals surface area contributed by atoms with Gasteiger partial charge in [0, 0.05) is 23.9 Å². The van der Waals surface area contributed by atoms with Crippen molar-refractivity contribution in [3.05, 3.63) is 60.7 Å². The van der Waals surface area contributed by atoms with Crippen LogP contribution < -0.4 is 0 Å². The minimum absolute atomic E-state index is 0.279. The van der Waals surface area contributed by atoms with Gasteiger partial charge in [0.05, 0.1) is 11.2 Å². The molecule has 0 radical (unpaired) electrons. The zero-order valence-electron chi connectivity index (χ0n) is 15.5. The molecule has 0 unspecified atom stereocenters. The van der Waals surface area contributed by atoms with Crippen LogP contribution in [0, 0.1) is 11.7 Å². The first-order chi connectivity index (χ1) is 13.6. The van der Waals surface area contributed by atoms with Crippen LogP contribution in [0.5, 0.6) is 0 Å². The van der Waals surface area contributed by atoms with E-state index in [1.807, 2.05) is 27.4 Å². The number of fused-ring (bicyclic) bond motifs is 2. The quantitative estimate of drug-likeness (QED) is 0.453. The van der Waals surface area contributed by atoms with Crippen molar-refractivity contribution < 1.29 is 8.81 Å². The number of hydrogen-bond acceptors (Lipinski definition) is 4. The lowest BCUT2D eigenvalue weighted by atomic mass is 10.0. The van der Waals surface area contributed by atoms with Crippen LogP contribution in [0.2, 0.25) is 0 Å². The summed E-state index contributed by atoms with van der Waals surface area (Å²) in [5.74, 6) is 0.667. The fraction of sp³-hybridized carbons (Fsp3) is 0.190. The van der Waals surface area contributed by atoms with Gasteiger partial charge in [0.2, 0.25) is 0 Å². The number of rotatable bonds is 4. The maximum Gasteiger partial charge on any atom is 0.306 e. The molecule has 3 heterocycles. The number of imidazole rings is 1. The summed E-state index contributed by atoms with van der Waals surface area (Å²) >= 11 is 0. The van der Waals surface area contributed by atoms with Crippen molar-refractivity contribution in [3.63, 3.8) is 0 Å². The molecule has 0 aliphatic carbocycles. The second-order valence-electron chi connectivity index (χ2n) is 7.24. The molecule has 5 rings (SSSR count). The van der Waals surface area contributed by atoms with Crippen molar-refractivity contribution >= 4 is 16.9 Å². The first kappa shape index (κ1) is 16.7. The molecule has 2 aromatic carbocycles. The molecule has 140 valence electrons. The molecular weight excluding hydrogens is 357 g/mol. The smallest absolute Gasteiger partial charge is 0.306 e. The van der Waals surface area contributed by atoms with Gasteiger partial charge < -0.3 is 4.42 Å². The van der Waals surface area contributed by atoms with E-state index in [-0.39, 0.29) is 5.82 Å². The van der Waals surface area contributed by atoms with E-state index in [4.69, 9.17) is 4.42 Å². The summed E-state index contributed by atoms with van der Waals surface area (Å²) in [5, 5.41) is 8.55. The Morgan fingerprint density at radius 3 is 2.64 bits per heavy atom. The molecule has 28 heavy (non-hydrogen) atoms. The number of aromatic nitrogens is 5. The number of benzene rings is 2. The number of hydrogen-bond donors (Lipinski definition) is 0. The lowest BCUT2D eigenvalue weighted by molar-refractivity contribution is 0.483. The van der Waals surface area contributed by atoms with Crippen molar-refractivity contribution in [2.24, 2.45) is 5.92 Å². The first-order valence-electron chi connectivity index (χ1n) is 9.15. The summed E-state index contributed by atoms with van der Waals surface area (Å²) in [6.45, 7) is 5.09. The normalized spacial score (nSPS) is 11.9. The van der Waals surface area contributed by atoms with Crippen LogP contribution >= 0.6 is 0 Å². The number of oxazole rings is 1. The Kier molecular flexibility index (Phi) is 3.75. The summed E-state index contributed by atoms with van der Waals surface area (Å²) in [7, 11) is 0. The van der Waals surface area contributed by atoms with Gasteiger partial charge in [-0.15, -0.1) is 5.10 Å². The Bertz CT molecular complexity index is 1280. The zero-order chi connectivity index (χ0) is 19.3. The van der Waals surface area contributed by atoms with Crippen LogP contribution in [0.25, 0.3) is 39.4 Å². The average molecular weight is 375 g/mol. The first-order valence-corrected chi connectivity index (χ1v) is 9.15. The molecule has 0 N–H and O–H groups in total. The number of halogens is 1. The Morgan fingerprint density at radius 2 is 1.86 bits per heavy atom. The van der Waals surface area contributed by atoms with Gasteiger partial charge in [-0.2, -0.15) is 4.98 Å². The Labute approximate surface area is 160 Å². The van der Waals surface area contributed by atoms with Crippen LogP contribution in [-0.4, -0.2) is 24.4 Å². The van der Waals surface area contributed by atoms with Crippen molar-refractivity contribution in [1.82, 2.24) is 24.4 Å². The van der Waals surface area contributed by atoms with Gasteiger partial charge in [0.15, 0.2) is 0 Å². The summed E-state index contributed by atoms with van der Waals surface area (Å²) in [6.07, 6.45) is 3.43. The van der Waals surface area contributed by atoms with Crippen LogP contribution in [0.4, 0.5) is 4.39 Å². The Balaban J connectivity index is 1.73. The van der Waals surface area contributed by atoms with Crippen molar-refractivity contribution in [2.45, 2.75) is 20.4 Å². The number of nitrogens with zero attached hydrogens (tertiary/aromatic N) is 5. The van der Waals surface area contributed by atoms with E-state index in [1.54, 1.807) is 18.4 Å². The topological polar surface area (TPSA) is 61.2 Å². The van der Waals surface area contributed by atoms with E-state index in [0.29, 0.717) is 11.8 Å². The van der Waals surface area contributed by atoms with E-state index in [9.17, 15) is 4.39 Å².